The lowest BCUT2D eigenvalue weighted by atomic mass is 9.87. The first kappa shape index (κ1) is 19.5. The Kier molecular flexibility index (Phi) is 7.03. The van der Waals surface area contributed by atoms with Gasteiger partial charge in [0.1, 0.15) is 0 Å². The summed E-state index contributed by atoms with van der Waals surface area (Å²) in [5, 5.41) is 3.80. The van der Waals surface area contributed by atoms with Crippen molar-refractivity contribution in [1.29, 1.82) is 0 Å². The van der Waals surface area contributed by atoms with Gasteiger partial charge in [-0.2, -0.15) is 0 Å². The number of amides is 1. The zero-order valence-corrected chi connectivity index (χ0v) is 16.2. The lowest BCUT2D eigenvalue weighted by Crippen LogP contribution is -2.32. The summed E-state index contributed by atoms with van der Waals surface area (Å²) in [6.45, 7) is 5.54. The van der Waals surface area contributed by atoms with Crippen LogP contribution >= 0.6 is 11.6 Å². The van der Waals surface area contributed by atoms with Crippen LogP contribution in [0.15, 0.2) is 48.5 Å². The molecule has 4 heteroatoms. The molecule has 134 valence electrons. The minimum Gasteiger partial charge on any atom is -0.351 e. The van der Waals surface area contributed by atoms with E-state index in [0.29, 0.717) is 11.6 Å². The number of halogens is 1. The molecule has 0 aliphatic heterocycles. The van der Waals surface area contributed by atoms with Crippen LogP contribution < -0.4 is 5.32 Å². The van der Waals surface area contributed by atoms with Crippen LogP contribution in [-0.4, -0.2) is 24.9 Å². The molecule has 1 amide bonds. The van der Waals surface area contributed by atoms with E-state index < -0.39 is 0 Å². The molecule has 0 unspecified atom stereocenters. The van der Waals surface area contributed by atoms with Crippen molar-refractivity contribution in [3.8, 4) is 0 Å². The summed E-state index contributed by atoms with van der Waals surface area (Å²) in [6, 6.07) is 15.8. The van der Waals surface area contributed by atoms with E-state index in [0.717, 1.165) is 17.7 Å². The highest BCUT2D eigenvalue weighted by molar-refractivity contribution is 6.30. The molecule has 0 fully saturated rings. The Labute approximate surface area is 156 Å². The monoisotopic (exact) mass is 358 g/mol. The van der Waals surface area contributed by atoms with Gasteiger partial charge in [0.2, 0.25) is 5.91 Å². The Morgan fingerprint density at radius 1 is 1.04 bits per heavy atom. The lowest BCUT2D eigenvalue weighted by molar-refractivity contribution is -0.123. The Balaban J connectivity index is 2.11. The molecule has 2 aromatic carbocycles. The normalized spacial score (nSPS) is 12.4. The molecule has 1 N–H and O–H groups in total. The molecule has 0 spiro atoms. The summed E-state index contributed by atoms with van der Waals surface area (Å²) < 4.78 is 0. The van der Waals surface area contributed by atoms with Gasteiger partial charge in [0.25, 0.3) is 0 Å². The van der Waals surface area contributed by atoms with Crippen LogP contribution in [0.25, 0.3) is 0 Å². The van der Waals surface area contributed by atoms with Crippen molar-refractivity contribution in [2.45, 2.75) is 32.9 Å². The molecule has 0 saturated carbocycles. The van der Waals surface area contributed by atoms with Gasteiger partial charge in [-0.05, 0) is 48.8 Å². The van der Waals surface area contributed by atoms with Gasteiger partial charge in [-0.1, -0.05) is 61.8 Å². The van der Waals surface area contributed by atoms with Crippen LogP contribution in [0.1, 0.15) is 36.5 Å². The molecular formula is C21H27ClN2O. The average molecular weight is 359 g/mol. The van der Waals surface area contributed by atoms with E-state index in [1.54, 1.807) is 0 Å². The summed E-state index contributed by atoms with van der Waals surface area (Å²) in [4.78, 5) is 15.0. The molecule has 2 aromatic rings. The van der Waals surface area contributed by atoms with E-state index >= 15 is 0 Å². The molecule has 0 bridgehead atoms. The predicted octanol–water partition coefficient (Wildman–Crippen LogP) is 4.46. The minimum atomic E-state index is -0.182. The van der Waals surface area contributed by atoms with E-state index in [1.165, 1.54) is 5.56 Å². The maximum Gasteiger partial charge on any atom is 0.228 e. The van der Waals surface area contributed by atoms with Gasteiger partial charge in [-0.3, -0.25) is 4.79 Å². The van der Waals surface area contributed by atoms with Crippen molar-refractivity contribution in [2.24, 2.45) is 5.92 Å². The van der Waals surface area contributed by atoms with E-state index in [9.17, 15) is 4.79 Å². The molecule has 2 rings (SSSR count). The Hall–Kier alpha value is -1.84. The molecule has 0 radical (unpaired) electrons. The van der Waals surface area contributed by atoms with Crippen molar-refractivity contribution in [1.82, 2.24) is 10.2 Å². The van der Waals surface area contributed by atoms with Crippen LogP contribution in [0.2, 0.25) is 5.02 Å². The summed E-state index contributed by atoms with van der Waals surface area (Å²) in [6.07, 6.45) is 0. The number of hydrogen-bond acceptors (Lipinski definition) is 2. The number of nitrogens with one attached hydrogen (secondary N) is 1. The van der Waals surface area contributed by atoms with Crippen molar-refractivity contribution in [2.75, 3.05) is 14.1 Å². The van der Waals surface area contributed by atoms with E-state index in [2.05, 4.69) is 36.2 Å². The highest BCUT2D eigenvalue weighted by atomic mass is 35.5. The molecule has 0 saturated heterocycles. The lowest BCUT2D eigenvalue weighted by Gasteiger charge is -2.22. The Morgan fingerprint density at radius 2 is 1.64 bits per heavy atom. The van der Waals surface area contributed by atoms with Gasteiger partial charge < -0.3 is 10.2 Å². The quantitative estimate of drug-likeness (QED) is 0.792. The van der Waals surface area contributed by atoms with Gasteiger partial charge >= 0.3 is 0 Å². The third kappa shape index (κ3) is 5.58. The fourth-order valence-electron chi connectivity index (χ4n) is 3.03. The van der Waals surface area contributed by atoms with Crippen LogP contribution in [0.5, 0.6) is 0 Å². The van der Waals surface area contributed by atoms with Gasteiger partial charge in [0.05, 0.1) is 5.92 Å². The number of hydrogen-bond donors (Lipinski definition) is 1. The molecule has 1 atom stereocenters. The summed E-state index contributed by atoms with van der Waals surface area (Å²) >= 11 is 5.97. The van der Waals surface area contributed by atoms with Crippen molar-refractivity contribution >= 4 is 17.5 Å². The molecular weight excluding hydrogens is 332 g/mol. The second kappa shape index (κ2) is 9.02. The van der Waals surface area contributed by atoms with E-state index in [-0.39, 0.29) is 17.7 Å². The SMILES string of the molecule is CC(C)[C@@H](C(=O)NCc1ccccc1CN(C)C)c1ccc(Cl)cc1. The highest BCUT2D eigenvalue weighted by Crippen LogP contribution is 2.26. The van der Waals surface area contributed by atoms with E-state index in [4.69, 9.17) is 11.6 Å². The van der Waals surface area contributed by atoms with Crippen molar-refractivity contribution < 1.29 is 4.79 Å². The maximum atomic E-state index is 12.8. The van der Waals surface area contributed by atoms with Gasteiger partial charge in [-0.15, -0.1) is 0 Å². The van der Waals surface area contributed by atoms with Crippen molar-refractivity contribution in [3.63, 3.8) is 0 Å². The first-order chi connectivity index (χ1) is 11.9. The zero-order chi connectivity index (χ0) is 18.4. The summed E-state index contributed by atoms with van der Waals surface area (Å²) in [5.41, 5.74) is 3.39. The largest absolute Gasteiger partial charge is 0.351 e. The third-order valence-electron chi connectivity index (χ3n) is 4.24. The van der Waals surface area contributed by atoms with E-state index in [1.807, 2.05) is 50.5 Å². The number of benzene rings is 2. The standard InChI is InChI=1S/C21H27ClN2O/c1-15(2)20(16-9-11-19(22)12-10-16)21(25)23-13-17-7-5-6-8-18(17)14-24(3)4/h5-12,15,20H,13-14H2,1-4H3,(H,23,25)/t20-/m1/s1. The summed E-state index contributed by atoms with van der Waals surface area (Å²) in [7, 11) is 4.09. The minimum absolute atomic E-state index is 0.0528. The third-order valence-corrected chi connectivity index (χ3v) is 4.49. The first-order valence-electron chi connectivity index (χ1n) is 8.63. The second-order valence-electron chi connectivity index (χ2n) is 7.00. The van der Waals surface area contributed by atoms with Gasteiger partial charge in [0, 0.05) is 18.1 Å². The molecule has 3 nitrogen and oxygen atoms in total. The topological polar surface area (TPSA) is 32.3 Å². The fourth-order valence-corrected chi connectivity index (χ4v) is 3.15. The van der Waals surface area contributed by atoms with Gasteiger partial charge in [0.15, 0.2) is 0 Å². The molecule has 25 heavy (non-hydrogen) atoms. The summed E-state index contributed by atoms with van der Waals surface area (Å²) in [5.74, 6) is 0.0773. The second-order valence-corrected chi connectivity index (χ2v) is 7.43. The van der Waals surface area contributed by atoms with Crippen LogP contribution in [0.3, 0.4) is 0 Å². The van der Waals surface area contributed by atoms with Crippen LogP contribution in [-0.2, 0) is 17.9 Å². The average Bonchev–Trinajstić information content (AvgIpc) is 2.55. The zero-order valence-electron chi connectivity index (χ0n) is 15.4. The smallest absolute Gasteiger partial charge is 0.228 e. The molecule has 0 aliphatic rings. The molecule has 0 aliphatic carbocycles. The maximum absolute atomic E-state index is 12.8. The number of rotatable bonds is 7. The number of carbonyl (C=O) groups is 1. The predicted molar refractivity (Wildman–Crippen MR) is 105 cm³/mol. The van der Waals surface area contributed by atoms with Crippen LogP contribution in [0.4, 0.5) is 0 Å². The molecule has 0 aromatic heterocycles. The first-order valence-corrected chi connectivity index (χ1v) is 9.01. The number of nitrogens with zero attached hydrogens (tertiary/aromatic N) is 1. The van der Waals surface area contributed by atoms with Crippen LogP contribution in [0, 0.1) is 5.92 Å². The van der Waals surface area contributed by atoms with Gasteiger partial charge in [-0.25, -0.2) is 0 Å². The fraction of sp³-hybridized carbons (Fsp3) is 0.381. The van der Waals surface area contributed by atoms with Crippen molar-refractivity contribution in [3.05, 3.63) is 70.2 Å². The number of carbonyl (C=O) groups excluding carboxylic acids is 1. The molecule has 0 heterocycles. The Morgan fingerprint density at radius 3 is 2.20 bits per heavy atom. The Bertz CT molecular complexity index is 695. The highest BCUT2D eigenvalue weighted by Gasteiger charge is 2.24.